The first-order chi connectivity index (χ1) is 10.2. The van der Waals surface area contributed by atoms with E-state index in [1.165, 1.54) is 10.8 Å². The molecule has 2 heteroatoms. The van der Waals surface area contributed by atoms with Gasteiger partial charge < -0.3 is 4.74 Å². The van der Waals surface area contributed by atoms with E-state index in [1.54, 1.807) is 0 Å². The van der Waals surface area contributed by atoms with E-state index in [0.717, 1.165) is 16.7 Å². The molecule has 1 aliphatic heterocycles. The van der Waals surface area contributed by atoms with Crippen molar-refractivity contribution >= 4 is 28.0 Å². The van der Waals surface area contributed by atoms with Crippen LogP contribution in [-0.4, -0.2) is 5.05 Å². The normalized spacial score (nSPS) is 20.3. The number of ether oxygens (including phenoxy) is 1. The highest BCUT2D eigenvalue weighted by molar-refractivity contribution is 7.80. The third kappa shape index (κ3) is 1.72. The first-order valence-corrected chi connectivity index (χ1v) is 7.42. The molecular weight excluding hydrogens is 276 g/mol. The lowest BCUT2D eigenvalue weighted by molar-refractivity contribution is 0.141. The van der Waals surface area contributed by atoms with Crippen LogP contribution in [0, 0.1) is 0 Å². The van der Waals surface area contributed by atoms with Crippen molar-refractivity contribution in [3.63, 3.8) is 0 Å². The van der Waals surface area contributed by atoms with Gasteiger partial charge in [-0.25, -0.2) is 0 Å². The van der Waals surface area contributed by atoms with E-state index in [1.807, 2.05) is 18.2 Å². The molecule has 0 aromatic heterocycles. The Kier molecular flexibility index (Phi) is 2.63. The highest BCUT2D eigenvalue weighted by Gasteiger charge is 2.41. The molecule has 0 saturated heterocycles. The second kappa shape index (κ2) is 4.40. The lowest BCUT2D eigenvalue weighted by Gasteiger charge is -2.26. The fourth-order valence-electron chi connectivity index (χ4n) is 3.21. The molecule has 0 spiro atoms. The van der Waals surface area contributed by atoms with Crippen molar-refractivity contribution in [1.82, 2.24) is 0 Å². The number of fused-ring (bicyclic) bond motifs is 2. The van der Waals surface area contributed by atoms with E-state index in [9.17, 15) is 0 Å². The summed E-state index contributed by atoms with van der Waals surface area (Å²) in [6.45, 7) is 2.10. The third-order valence-corrected chi connectivity index (χ3v) is 4.56. The second-order valence-corrected chi connectivity index (χ2v) is 5.87. The van der Waals surface area contributed by atoms with Crippen molar-refractivity contribution < 1.29 is 4.74 Å². The highest BCUT2D eigenvalue weighted by atomic mass is 32.1. The minimum absolute atomic E-state index is 0.519. The summed E-state index contributed by atoms with van der Waals surface area (Å²) in [4.78, 5) is 0. The summed E-state index contributed by atoms with van der Waals surface area (Å²) < 4.78 is 6.14. The van der Waals surface area contributed by atoms with Crippen molar-refractivity contribution in [1.29, 1.82) is 0 Å². The van der Waals surface area contributed by atoms with Crippen molar-refractivity contribution in [3.05, 3.63) is 83.4 Å². The van der Waals surface area contributed by atoms with E-state index in [-0.39, 0.29) is 0 Å². The van der Waals surface area contributed by atoms with Gasteiger partial charge in [0.15, 0.2) is 10.7 Å². The Balaban J connectivity index is 2.03. The van der Waals surface area contributed by atoms with Gasteiger partial charge in [0.05, 0.1) is 0 Å². The maximum atomic E-state index is 6.14. The number of rotatable bonds is 1. The number of benzene rings is 3. The van der Waals surface area contributed by atoms with Crippen molar-refractivity contribution in [3.8, 4) is 0 Å². The van der Waals surface area contributed by atoms with Gasteiger partial charge in [-0.05, 0) is 36.0 Å². The van der Waals surface area contributed by atoms with Crippen LogP contribution in [0.5, 0.6) is 0 Å². The molecule has 0 saturated carbocycles. The molecule has 102 valence electrons. The average Bonchev–Trinajstić information content (AvgIpc) is 2.80. The molecule has 1 heterocycles. The van der Waals surface area contributed by atoms with Gasteiger partial charge in [-0.3, -0.25) is 0 Å². The molecule has 0 amide bonds. The predicted molar refractivity (Wildman–Crippen MR) is 89.6 cm³/mol. The van der Waals surface area contributed by atoms with Crippen LogP contribution in [0.1, 0.15) is 23.6 Å². The van der Waals surface area contributed by atoms with E-state index >= 15 is 0 Å². The average molecular weight is 290 g/mol. The Morgan fingerprint density at radius 2 is 1.48 bits per heavy atom. The Morgan fingerprint density at radius 1 is 0.810 bits per heavy atom. The summed E-state index contributed by atoms with van der Waals surface area (Å²) in [5.41, 5.74) is 2.82. The minimum Gasteiger partial charge on any atom is -0.467 e. The van der Waals surface area contributed by atoms with Gasteiger partial charge in [-0.1, -0.05) is 60.7 Å². The summed E-state index contributed by atoms with van der Waals surface area (Å²) >= 11 is 5.42. The third-order valence-electron chi connectivity index (χ3n) is 4.26. The lowest BCUT2D eigenvalue weighted by Crippen LogP contribution is -2.23. The van der Waals surface area contributed by atoms with Crippen LogP contribution < -0.4 is 0 Å². The van der Waals surface area contributed by atoms with Crippen LogP contribution in [0.25, 0.3) is 10.8 Å². The quantitative estimate of drug-likeness (QED) is 0.595. The Hall–Kier alpha value is -2.19. The first kappa shape index (κ1) is 12.5. The fourth-order valence-corrected chi connectivity index (χ4v) is 3.56. The lowest BCUT2D eigenvalue weighted by atomic mass is 9.84. The van der Waals surface area contributed by atoms with Gasteiger partial charge in [0, 0.05) is 16.7 Å². The van der Waals surface area contributed by atoms with E-state index < -0.39 is 5.60 Å². The highest BCUT2D eigenvalue weighted by Crippen LogP contribution is 2.44. The molecule has 21 heavy (non-hydrogen) atoms. The number of hydrogen-bond acceptors (Lipinski definition) is 2. The molecule has 3 aromatic carbocycles. The van der Waals surface area contributed by atoms with E-state index in [2.05, 4.69) is 55.5 Å². The van der Waals surface area contributed by atoms with Gasteiger partial charge in [-0.15, -0.1) is 0 Å². The van der Waals surface area contributed by atoms with Gasteiger partial charge in [-0.2, -0.15) is 0 Å². The summed E-state index contributed by atoms with van der Waals surface area (Å²) in [5.74, 6) is 0. The predicted octanol–water partition coefficient (Wildman–Crippen LogP) is 4.81. The van der Waals surface area contributed by atoms with Crippen molar-refractivity contribution in [2.24, 2.45) is 0 Å². The van der Waals surface area contributed by atoms with Gasteiger partial charge in [0.2, 0.25) is 0 Å². The SMILES string of the molecule is CC1(c2cccc3ccccc23)OC(=S)c2ccccc21. The molecule has 0 bridgehead atoms. The van der Waals surface area contributed by atoms with E-state index in [0.29, 0.717) is 5.05 Å². The smallest absolute Gasteiger partial charge is 0.193 e. The first-order valence-electron chi connectivity index (χ1n) is 7.01. The Labute approximate surface area is 129 Å². The summed E-state index contributed by atoms with van der Waals surface area (Å²) in [6, 6.07) is 22.9. The van der Waals surface area contributed by atoms with Crippen LogP contribution in [0.15, 0.2) is 66.7 Å². The molecule has 0 radical (unpaired) electrons. The van der Waals surface area contributed by atoms with E-state index in [4.69, 9.17) is 17.0 Å². The molecule has 4 rings (SSSR count). The molecule has 1 unspecified atom stereocenters. The Morgan fingerprint density at radius 3 is 2.38 bits per heavy atom. The monoisotopic (exact) mass is 290 g/mol. The summed E-state index contributed by atoms with van der Waals surface area (Å²) in [7, 11) is 0. The number of thiocarbonyl (C=S) groups is 1. The maximum Gasteiger partial charge on any atom is 0.193 e. The van der Waals surface area contributed by atoms with Gasteiger partial charge in [0.1, 0.15) is 0 Å². The molecule has 3 aromatic rings. The fraction of sp³-hybridized carbons (Fsp3) is 0.105. The van der Waals surface area contributed by atoms with Crippen LogP contribution in [0.4, 0.5) is 0 Å². The zero-order valence-corrected chi connectivity index (χ0v) is 12.5. The number of hydrogen-bond donors (Lipinski definition) is 0. The standard InChI is InChI=1S/C19H14OS/c1-19(17-11-5-4-10-15(17)18(21)20-19)16-12-6-8-13-7-2-3-9-14(13)16/h2-12H,1H3. The van der Waals surface area contributed by atoms with Crippen LogP contribution in [0.3, 0.4) is 0 Å². The van der Waals surface area contributed by atoms with Gasteiger partial charge in [0.25, 0.3) is 0 Å². The maximum absolute atomic E-state index is 6.14. The summed E-state index contributed by atoms with van der Waals surface area (Å²) in [6.07, 6.45) is 0. The van der Waals surface area contributed by atoms with Crippen LogP contribution in [-0.2, 0) is 10.3 Å². The molecular formula is C19H14OS. The molecule has 1 atom stereocenters. The Bertz CT molecular complexity index is 863. The van der Waals surface area contributed by atoms with Crippen LogP contribution in [0.2, 0.25) is 0 Å². The van der Waals surface area contributed by atoms with Crippen molar-refractivity contribution in [2.75, 3.05) is 0 Å². The van der Waals surface area contributed by atoms with Gasteiger partial charge >= 0.3 is 0 Å². The molecule has 0 fully saturated rings. The molecule has 0 aliphatic carbocycles. The minimum atomic E-state index is -0.519. The topological polar surface area (TPSA) is 9.23 Å². The van der Waals surface area contributed by atoms with Crippen molar-refractivity contribution in [2.45, 2.75) is 12.5 Å². The second-order valence-electron chi connectivity index (χ2n) is 5.50. The molecule has 1 aliphatic rings. The molecule has 1 nitrogen and oxygen atoms in total. The molecule has 0 N–H and O–H groups in total. The van der Waals surface area contributed by atoms with Crippen LogP contribution >= 0.6 is 12.2 Å². The summed E-state index contributed by atoms with van der Waals surface area (Å²) in [5, 5.41) is 3.01. The zero-order chi connectivity index (χ0) is 14.4. The largest absolute Gasteiger partial charge is 0.467 e. The zero-order valence-electron chi connectivity index (χ0n) is 11.7.